The molecule has 2 aromatic rings. The number of nitrogens with one attached hydrogen (secondary N) is 2. The summed E-state index contributed by atoms with van der Waals surface area (Å²) in [6.45, 7) is 0. The molecule has 0 aliphatic heterocycles. The number of nitrogens with zero attached hydrogens (tertiary/aromatic N) is 2. The molecule has 6 nitrogen and oxygen atoms in total. The van der Waals surface area contributed by atoms with E-state index < -0.39 is 0 Å². The molecule has 0 bridgehead atoms. The van der Waals surface area contributed by atoms with Crippen LogP contribution < -0.4 is 10.1 Å². The van der Waals surface area contributed by atoms with E-state index in [2.05, 4.69) is 20.5 Å². The number of methoxy groups -OCH3 is 1. The molecule has 0 unspecified atom stereocenters. The monoisotopic (exact) mass is 394 g/mol. The number of aromatic amines is 1. The molecule has 1 saturated carbocycles. The Bertz CT molecular complexity index is 747. The highest BCUT2D eigenvalue weighted by molar-refractivity contribution is 7.99. The third-order valence-electron chi connectivity index (χ3n) is 4.54. The van der Waals surface area contributed by atoms with Gasteiger partial charge in [-0.25, -0.2) is 4.98 Å². The second-order valence-electron chi connectivity index (χ2n) is 6.44. The number of carbonyl (C=O) groups excluding carboxylic acids is 1. The maximum absolute atomic E-state index is 12.2. The quantitative estimate of drug-likeness (QED) is 0.651. The smallest absolute Gasteiger partial charge is 0.234 e. The van der Waals surface area contributed by atoms with Crippen LogP contribution in [0.15, 0.2) is 23.4 Å². The molecule has 0 atom stereocenters. The molecule has 0 radical (unpaired) electrons. The fourth-order valence-electron chi connectivity index (χ4n) is 3.19. The number of H-pyrrole nitrogens is 1. The van der Waals surface area contributed by atoms with Gasteiger partial charge in [-0.1, -0.05) is 49.0 Å². The molecule has 1 aliphatic rings. The molecule has 1 aromatic heterocycles. The lowest BCUT2D eigenvalue weighted by atomic mass is 10.0. The zero-order valence-corrected chi connectivity index (χ0v) is 16.3. The van der Waals surface area contributed by atoms with Crippen LogP contribution in [0.5, 0.6) is 5.75 Å². The summed E-state index contributed by atoms with van der Waals surface area (Å²) < 4.78 is 5.23. The summed E-state index contributed by atoms with van der Waals surface area (Å²) in [6, 6.07) is 5.10. The summed E-state index contributed by atoms with van der Waals surface area (Å²) in [4.78, 5) is 16.6. The number of carbonyl (C=O) groups is 1. The van der Waals surface area contributed by atoms with E-state index >= 15 is 0 Å². The van der Waals surface area contributed by atoms with Crippen LogP contribution in [-0.2, 0) is 11.2 Å². The Morgan fingerprint density at radius 1 is 1.42 bits per heavy atom. The Morgan fingerprint density at radius 2 is 2.23 bits per heavy atom. The maximum Gasteiger partial charge on any atom is 0.234 e. The maximum atomic E-state index is 12.2. The molecule has 0 spiro atoms. The van der Waals surface area contributed by atoms with Gasteiger partial charge in [-0.05, 0) is 30.5 Å². The highest BCUT2D eigenvalue weighted by atomic mass is 35.5. The normalized spacial score (nSPS) is 14.5. The number of hydrogen-bond acceptors (Lipinski definition) is 5. The van der Waals surface area contributed by atoms with E-state index in [1.54, 1.807) is 25.3 Å². The minimum absolute atomic E-state index is 0.159. The minimum atomic E-state index is -0.159. The van der Waals surface area contributed by atoms with Crippen LogP contribution in [-0.4, -0.2) is 34.0 Å². The number of thioether (sulfide) groups is 1. The number of hydrogen-bond donors (Lipinski definition) is 2. The van der Waals surface area contributed by atoms with Crippen LogP contribution in [0.25, 0.3) is 0 Å². The van der Waals surface area contributed by atoms with Crippen molar-refractivity contribution in [1.82, 2.24) is 15.2 Å². The predicted octanol–water partition coefficient (Wildman–Crippen LogP) is 4.32. The highest BCUT2D eigenvalue weighted by Gasteiger charge is 2.16. The first-order valence-electron chi connectivity index (χ1n) is 8.81. The number of benzene rings is 1. The SMILES string of the molecule is COc1ccc(Cl)cc1NC(=O)CSc1n[nH]c(CCC2CCCC2)n1. The third-order valence-corrected chi connectivity index (χ3v) is 5.63. The first-order valence-corrected chi connectivity index (χ1v) is 10.2. The standard InChI is InChI=1S/C18H23ClN4O2S/c1-25-15-8-7-13(19)10-14(15)20-17(24)11-26-18-21-16(22-23-18)9-6-12-4-2-3-5-12/h7-8,10,12H,2-6,9,11H2,1H3,(H,20,24)(H,21,22,23). The van der Waals surface area contributed by atoms with E-state index in [-0.39, 0.29) is 11.7 Å². The van der Waals surface area contributed by atoms with Crippen LogP contribution in [0.3, 0.4) is 0 Å². The lowest BCUT2D eigenvalue weighted by molar-refractivity contribution is -0.113. The summed E-state index contributed by atoms with van der Waals surface area (Å²) in [5.41, 5.74) is 0.554. The van der Waals surface area contributed by atoms with Crippen LogP contribution >= 0.6 is 23.4 Å². The number of rotatable bonds is 8. The van der Waals surface area contributed by atoms with Crippen molar-refractivity contribution in [2.45, 2.75) is 43.7 Å². The van der Waals surface area contributed by atoms with E-state index in [0.29, 0.717) is 21.6 Å². The Balaban J connectivity index is 1.46. The average molecular weight is 395 g/mol. The molecular weight excluding hydrogens is 372 g/mol. The topological polar surface area (TPSA) is 79.9 Å². The van der Waals surface area contributed by atoms with Gasteiger partial charge in [0.05, 0.1) is 18.6 Å². The molecule has 1 aromatic carbocycles. The number of halogens is 1. The fourth-order valence-corrected chi connectivity index (χ4v) is 3.98. The fraction of sp³-hybridized carbons (Fsp3) is 0.500. The number of ether oxygens (including phenoxy) is 1. The third kappa shape index (κ3) is 5.38. The van der Waals surface area contributed by atoms with Crippen molar-refractivity contribution in [2.24, 2.45) is 5.92 Å². The number of amides is 1. The van der Waals surface area contributed by atoms with Crippen molar-refractivity contribution < 1.29 is 9.53 Å². The van der Waals surface area contributed by atoms with E-state index in [1.165, 1.54) is 37.4 Å². The van der Waals surface area contributed by atoms with E-state index in [1.807, 2.05) is 0 Å². The zero-order chi connectivity index (χ0) is 18.4. The van der Waals surface area contributed by atoms with Crippen molar-refractivity contribution in [3.05, 3.63) is 29.0 Å². The highest BCUT2D eigenvalue weighted by Crippen LogP contribution is 2.29. The summed E-state index contributed by atoms with van der Waals surface area (Å²) >= 11 is 7.28. The van der Waals surface area contributed by atoms with Gasteiger partial charge in [-0.2, -0.15) is 0 Å². The van der Waals surface area contributed by atoms with Gasteiger partial charge in [0.25, 0.3) is 0 Å². The number of aryl methyl sites for hydroxylation is 1. The van der Waals surface area contributed by atoms with Crippen LogP contribution in [0, 0.1) is 5.92 Å². The molecule has 2 N–H and O–H groups in total. The number of anilines is 1. The Morgan fingerprint density at radius 3 is 3.00 bits per heavy atom. The van der Waals surface area contributed by atoms with Crippen LogP contribution in [0.4, 0.5) is 5.69 Å². The molecule has 1 amide bonds. The minimum Gasteiger partial charge on any atom is -0.495 e. The second kappa shape index (κ2) is 9.28. The molecule has 8 heteroatoms. The van der Waals surface area contributed by atoms with Gasteiger partial charge in [-0.15, -0.1) is 5.10 Å². The lowest BCUT2D eigenvalue weighted by Crippen LogP contribution is -2.14. The van der Waals surface area contributed by atoms with Crippen molar-refractivity contribution in [2.75, 3.05) is 18.2 Å². The first kappa shape index (κ1) is 19.0. The summed E-state index contributed by atoms with van der Waals surface area (Å²) in [6.07, 6.45) is 7.47. The average Bonchev–Trinajstić information content (AvgIpc) is 3.30. The molecule has 3 rings (SSSR count). The Labute approximate surface area is 162 Å². The second-order valence-corrected chi connectivity index (χ2v) is 7.81. The molecule has 1 fully saturated rings. The van der Waals surface area contributed by atoms with Crippen molar-refractivity contribution >= 4 is 35.0 Å². The molecule has 1 heterocycles. The predicted molar refractivity (Wildman–Crippen MR) is 104 cm³/mol. The Hall–Kier alpha value is -1.73. The van der Waals surface area contributed by atoms with Gasteiger partial charge in [0.2, 0.25) is 11.1 Å². The van der Waals surface area contributed by atoms with Gasteiger partial charge in [-0.3, -0.25) is 9.89 Å². The van der Waals surface area contributed by atoms with E-state index in [4.69, 9.17) is 16.3 Å². The largest absolute Gasteiger partial charge is 0.495 e. The van der Waals surface area contributed by atoms with Crippen molar-refractivity contribution in [1.29, 1.82) is 0 Å². The van der Waals surface area contributed by atoms with Gasteiger partial charge in [0.15, 0.2) is 0 Å². The first-order chi connectivity index (χ1) is 12.6. The molecule has 0 saturated heterocycles. The van der Waals surface area contributed by atoms with Gasteiger partial charge in [0.1, 0.15) is 11.6 Å². The van der Waals surface area contributed by atoms with Crippen molar-refractivity contribution in [3.8, 4) is 5.75 Å². The Kier molecular flexibility index (Phi) is 6.80. The van der Waals surface area contributed by atoms with Crippen molar-refractivity contribution in [3.63, 3.8) is 0 Å². The lowest BCUT2D eigenvalue weighted by Gasteiger charge is -2.09. The summed E-state index contributed by atoms with van der Waals surface area (Å²) in [5.74, 6) is 2.36. The van der Waals surface area contributed by atoms with Crippen LogP contribution in [0.2, 0.25) is 5.02 Å². The molecule has 140 valence electrons. The summed E-state index contributed by atoms with van der Waals surface area (Å²) in [5, 5.41) is 11.1. The van der Waals surface area contributed by atoms with Gasteiger partial charge < -0.3 is 10.1 Å². The van der Waals surface area contributed by atoms with E-state index in [9.17, 15) is 4.79 Å². The zero-order valence-electron chi connectivity index (χ0n) is 14.8. The van der Waals surface area contributed by atoms with Crippen LogP contribution in [0.1, 0.15) is 37.9 Å². The summed E-state index contributed by atoms with van der Waals surface area (Å²) in [7, 11) is 1.55. The van der Waals surface area contributed by atoms with E-state index in [0.717, 1.165) is 24.6 Å². The van der Waals surface area contributed by atoms with Gasteiger partial charge in [0, 0.05) is 11.4 Å². The molecular formula is C18H23ClN4O2S. The van der Waals surface area contributed by atoms with Gasteiger partial charge >= 0.3 is 0 Å². The number of aromatic nitrogens is 3. The molecule has 1 aliphatic carbocycles. The molecule has 26 heavy (non-hydrogen) atoms.